The molecule has 2 rings (SSSR count). The first-order valence-corrected chi connectivity index (χ1v) is 10.0. The Kier molecular flexibility index (Phi) is 8.43. The Morgan fingerprint density at radius 3 is 2.48 bits per heavy atom. The van der Waals surface area contributed by atoms with Gasteiger partial charge in [-0.15, -0.1) is 0 Å². The molecular weight excluding hydrogens is 342 g/mol. The second-order valence-corrected chi connectivity index (χ2v) is 7.08. The first-order chi connectivity index (χ1) is 13.1. The van der Waals surface area contributed by atoms with Crippen LogP contribution in [0.5, 0.6) is 5.75 Å². The standard InChI is InChI=1S/C21H33N3O3/c1-4-16(5-2)20(25)24-14-11-18(12-15-24)23-21(26)22-13-10-17-8-6-7-9-19(17)27-3/h6-9,16,18H,4-5,10-15H2,1-3H3,(H2,22,23,26). The number of hydrogen-bond acceptors (Lipinski definition) is 3. The summed E-state index contributed by atoms with van der Waals surface area (Å²) >= 11 is 0. The zero-order valence-corrected chi connectivity index (χ0v) is 16.8. The molecule has 150 valence electrons. The lowest BCUT2D eigenvalue weighted by molar-refractivity contribution is -0.136. The molecule has 1 aliphatic rings. The predicted octanol–water partition coefficient (Wildman–Crippen LogP) is 2.96. The van der Waals surface area contributed by atoms with E-state index in [-0.39, 0.29) is 23.9 Å². The van der Waals surface area contributed by atoms with Gasteiger partial charge in [0, 0.05) is 31.6 Å². The summed E-state index contributed by atoms with van der Waals surface area (Å²) in [6.45, 7) is 6.13. The van der Waals surface area contributed by atoms with Crippen LogP contribution in [0.3, 0.4) is 0 Å². The summed E-state index contributed by atoms with van der Waals surface area (Å²) < 4.78 is 5.33. The number of rotatable bonds is 8. The minimum absolute atomic E-state index is 0.127. The minimum atomic E-state index is -0.144. The van der Waals surface area contributed by atoms with Gasteiger partial charge in [0.2, 0.25) is 5.91 Å². The molecule has 27 heavy (non-hydrogen) atoms. The van der Waals surface area contributed by atoms with Gasteiger partial charge in [-0.05, 0) is 43.7 Å². The van der Waals surface area contributed by atoms with Gasteiger partial charge in [0.25, 0.3) is 0 Å². The normalized spacial score (nSPS) is 14.9. The van der Waals surface area contributed by atoms with Gasteiger partial charge >= 0.3 is 6.03 Å². The van der Waals surface area contributed by atoms with Crippen LogP contribution in [0.1, 0.15) is 45.1 Å². The van der Waals surface area contributed by atoms with Gasteiger partial charge in [-0.25, -0.2) is 4.79 Å². The molecule has 0 bridgehead atoms. The summed E-state index contributed by atoms with van der Waals surface area (Å²) in [6.07, 6.45) is 4.13. The van der Waals surface area contributed by atoms with Gasteiger partial charge in [-0.3, -0.25) is 4.79 Å². The number of benzene rings is 1. The number of piperidine rings is 1. The number of nitrogens with one attached hydrogen (secondary N) is 2. The fourth-order valence-electron chi connectivity index (χ4n) is 3.60. The van der Waals surface area contributed by atoms with E-state index in [1.165, 1.54) is 0 Å². The molecule has 1 aliphatic heterocycles. The fourth-order valence-corrected chi connectivity index (χ4v) is 3.60. The van der Waals surface area contributed by atoms with E-state index < -0.39 is 0 Å². The van der Waals surface area contributed by atoms with E-state index in [0.717, 1.165) is 56.5 Å². The lowest BCUT2D eigenvalue weighted by atomic mass is 9.98. The van der Waals surface area contributed by atoms with Crippen LogP contribution in [0, 0.1) is 5.92 Å². The average molecular weight is 376 g/mol. The lowest BCUT2D eigenvalue weighted by Crippen LogP contribution is -2.50. The number of likely N-dealkylation sites (tertiary alicyclic amines) is 1. The van der Waals surface area contributed by atoms with Crippen molar-refractivity contribution in [3.63, 3.8) is 0 Å². The van der Waals surface area contributed by atoms with Crippen molar-refractivity contribution in [2.75, 3.05) is 26.7 Å². The van der Waals surface area contributed by atoms with E-state index in [9.17, 15) is 9.59 Å². The van der Waals surface area contributed by atoms with E-state index in [1.54, 1.807) is 7.11 Å². The van der Waals surface area contributed by atoms with Crippen LogP contribution in [0.4, 0.5) is 4.79 Å². The van der Waals surface area contributed by atoms with Crippen molar-refractivity contribution < 1.29 is 14.3 Å². The highest BCUT2D eigenvalue weighted by Gasteiger charge is 2.27. The summed E-state index contributed by atoms with van der Waals surface area (Å²) in [5, 5.41) is 5.95. The molecule has 3 amide bonds. The fraction of sp³-hybridized carbons (Fsp3) is 0.619. The number of ether oxygens (including phenoxy) is 1. The minimum Gasteiger partial charge on any atom is -0.496 e. The predicted molar refractivity (Wildman–Crippen MR) is 107 cm³/mol. The zero-order valence-electron chi connectivity index (χ0n) is 16.8. The molecule has 0 saturated carbocycles. The molecule has 1 aromatic carbocycles. The summed E-state index contributed by atoms with van der Waals surface area (Å²) in [5.41, 5.74) is 1.08. The number of para-hydroxylation sites is 1. The third kappa shape index (κ3) is 6.15. The molecule has 1 heterocycles. The van der Waals surface area contributed by atoms with Crippen molar-refractivity contribution in [3.8, 4) is 5.75 Å². The summed E-state index contributed by atoms with van der Waals surface area (Å²) in [6, 6.07) is 7.81. The number of carbonyl (C=O) groups is 2. The first-order valence-electron chi connectivity index (χ1n) is 10.0. The van der Waals surface area contributed by atoms with Crippen molar-refractivity contribution in [2.24, 2.45) is 5.92 Å². The molecule has 0 aliphatic carbocycles. The highest BCUT2D eigenvalue weighted by atomic mass is 16.5. The number of methoxy groups -OCH3 is 1. The third-order valence-corrected chi connectivity index (χ3v) is 5.35. The highest BCUT2D eigenvalue weighted by Crippen LogP contribution is 2.18. The van der Waals surface area contributed by atoms with E-state index in [0.29, 0.717) is 6.54 Å². The molecule has 2 N–H and O–H groups in total. The van der Waals surface area contributed by atoms with Gasteiger partial charge in [-0.2, -0.15) is 0 Å². The van der Waals surface area contributed by atoms with Crippen LogP contribution in [0.15, 0.2) is 24.3 Å². The average Bonchev–Trinajstić information content (AvgIpc) is 2.69. The number of urea groups is 1. The number of carbonyl (C=O) groups excluding carboxylic acids is 2. The van der Waals surface area contributed by atoms with Crippen LogP contribution < -0.4 is 15.4 Å². The molecule has 1 saturated heterocycles. The summed E-state index contributed by atoms with van der Waals surface area (Å²) in [5.74, 6) is 1.24. The largest absolute Gasteiger partial charge is 0.496 e. The maximum Gasteiger partial charge on any atom is 0.315 e. The van der Waals surface area contributed by atoms with Crippen molar-refractivity contribution >= 4 is 11.9 Å². The topological polar surface area (TPSA) is 70.7 Å². The summed E-state index contributed by atoms with van der Waals surface area (Å²) in [7, 11) is 1.65. The van der Waals surface area contributed by atoms with Crippen LogP contribution in [-0.2, 0) is 11.2 Å². The molecule has 6 heteroatoms. The van der Waals surface area contributed by atoms with Gasteiger partial charge in [0.1, 0.15) is 5.75 Å². The van der Waals surface area contributed by atoms with Gasteiger partial charge in [0.15, 0.2) is 0 Å². The quantitative estimate of drug-likeness (QED) is 0.734. The van der Waals surface area contributed by atoms with Crippen molar-refractivity contribution in [3.05, 3.63) is 29.8 Å². The summed E-state index contributed by atoms with van der Waals surface area (Å²) in [4.78, 5) is 26.5. The van der Waals surface area contributed by atoms with Crippen molar-refractivity contribution in [1.29, 1.82) is 0 Å². The Bertz CT molecular complexity index is 608. The maximum atomic E-state index is 12.4. The molecule has 0 aromatic heterocycles. The molecule has 0 atom stereocenters. The first kappa shape index (κ1) is 21.1. The van der Waals surface area contributed by atoms with Crippen molar-refractivity contribution in [1.82, 2.24) is 15.5 Å². The van der Waals surface area contributed by atoms with Crippen molar-refractivity contribution in [2.45, 2.75) is 52.0 Å². The molecular formula is C21H33N3O3. The molecule has 0 unspecified atom stereocenters. The number of nitrogens with zero attached hydrogens (tertiary/aromatic N) is 1. The van der Waals surface area contributed by atoms with E-state index in [2.05, 4.69) is 24.5 Å². The SMILES string of the molecule is CCC(CC)C(=O)N1CCC(NC(=O)NCCc2ccccc2OC)CC1. The Morgan fingerprint density at radius 1 is 1.19 bits per heavy atom. The molecule has 1 aromatic rings. The van der Waals surface area contributed by atoms with Gasteiger partial charge in [-0.1, -0.05) is 32.0 Å². The second-order valence-electron chi connectivity index (χ2n) is 7.08. The highest BCUT2D eigenvalue weighted by molar-refractivity contribution is 5.79. The monoisotopic (exact) mass is 375 g/mol. The van der Waals surface area contributed by atoms with Crippen LogP contribution in [0.25, 0.3) is 0 Å². The third-order valence-electron chi connectivity index (χ3n) is 5.35. The van der Waals surface area contributed by atoms with Gasteiger partial charge < -0.3 is 20.3 Å². The number of amides is 3. The zero-order chi connectivity index (χ0) is 19.6. The van der Waals surface area contributed by atoms with E-state index >= 15 is 0 Å². The van der Waals surface area contributed by atoms with E-state index in [1.807, 2.05) is 29.2 Å². The Labute approximate surface area is 162 Å². The molecule has 1 fully saturated rings. The molecule has 0 radical (unpaired) electrons. The Morgan fingerprint density at radius 2 is 1.85 bits per heavy atom. The molecule has 0 spiro atoms. The maximum absolute atomic E-state index is 12.4. The second kappa shape index (κ2) is 10.8. The smallest absolute Gasteiger partial charge is 0.315 e. The van der Waals surface area contributed by atoms with Crippen LogP contribution in [0.2, 0.25) is 0 Å². The number of hydrogen-bond donors (Lipinski definition) is 2. The van der Waals surface area contributed by atoms with Crippen LogP contribution in [-0.4, -0.2) is 49.6 Å². The molecule has 6 nitrogen and oxygen atoms in total. The van der Waals surface area contributed by atoms with Gasteiger partial charge in [0.05, 0.1) is 7.11 Å². The van der Waals surface area contributed by atoms with Crippen LogP contribution >= 0.6 is 0 Å². The lowest BCUT2D eigenvalue weighted by Gasteiger charge is -2.34. The van der Waals surface area contributed by atoms with E-state index in [4.69, 9.17) is 4.74 Å². The Hall–Kier alpha value is -2.24. The Balaban J connectivity index is 1.69.